The highest BCUT2D eigenvalue weighted by molar-refractivity contribution is 5.75. The van der Waals surface area contributed by atoms with Crippen LogP contribution in [0.2, 0.25) is 0 Å². The number of rotatable bonds is 7. The molecule has 0 aromatic rings. The third-order valence-corrected chi connectivity index (χ3v) is 3.40. The molecule has 3 N–H and O–H groups in total. The van der Waals surface area contributed by atoms with Gasteiger partial charge in [0, 0.05) is 13.0 Å². The van der Waals surface area contributed by atoms with Gasteiger partial charge in [0.2, 0.25) is 5.91 Å². The normalized spacial score (nSPS) is 24.6. The van der Waals surface area contributed by atoms with E-state index in [1.54, 1.807) is 0 Å². The third kappa shape index (κ3) is 6.03. The quantitative estimate of drug-likeness (QED) is 0.664. The van der Waals surface area contributed by atoms with Crippen molar-refractivity contribution >= 4 is 5.91 Å². The van der Waals surface area contributed by atoms with Gasteiger partial charge >= 0.3 is 0 Å². The van der Waals surface area contributed by atoms with E-state index in [4.69, 9.17) is 10.5 Å². The summed E-state index contributed by atoms with van der Waals surface area (Å²) in [6.45, 7) is 4.07. The summed E-state index contributed by atoms with van der Waals surface area (Å²) in [5.74, 6) is 0.743. The first kappa shape index (κ1) is 14.5. The molecular weight excluding hydrogens is 216 g/mol. The van der Waals surface area contributed by atoms with Gasteiger partial charge in [0.15, 0.2) is 0 Å². The van der Waals surface area contributed by atoms with E-state index in [9.17, 15) is 4.79 Å². The first-order valence-corrected chi connectivity index (χ1v) is 6.82. The Morgan fingerprint density at radius 3 is 2.88 bits per heavy atom. The van der Waals surface area contributed by atoms with Gasteiger partial charge in [-0.1, -0.05) is 19.8 Å². The van der Waals surface area contributed by atoms with Crippen molar-refractivity contribution in [3.8, 4) is 0 Å². The van der Waals surface area contributed by atoms with Crippen LogP contribution in [0.5, 0.6) is 0 Å². The number of hydrogen-bond acceptors (Lipinski definition) is 3. The Labute approximate surface area is 104 Å². The highest BCUT2D eigenvalue weighted by Crippen LogP contribution is 2.25. The molecule has 2 atom stereocenters. The highest BCUT2D eigenvalue weighted by atomic mass is 16.5. The molecule has 17 heavy (non-hydrogen) atoms. The van der Waals surface area contributed by atoms with Gasteiger partial charge in [0.05, 0.1) is 12.7 Å². The summed E-state index contributed by atoms with van der Waals surface area (Å²) < 4.78 is 5.81. The second-order valence-corrected chi connectivity index (χ2v) is 4.91. The van der Waals surface area contributed by atoms with Gasteiger partial charge in [0.1, 0.15) is 0 Å². The fourth-order valence-corrected chi connectivity index (χ4v) is 2.28. The van der Waals surface area contributed by atoms with E-state index in [-0.39, 0.29) is 5.91 Å². The number of nitrogens with one attached hydrogen (secondary N) is 1. The minimum Gasteiger partial charge on any atom is -0.376 e. The Hall–Kier alpha value is -0.610. The summed E-state index contributed by atoms with van der Waals surface area (Å²) in [4.78, 5) is 11.3. The molecule has 0 aromatic carbocycles. The van der Waals surface area contributed by atoms with Crippen LogP contribution in [-0.4, -0.2) is 31.7 Å². The van der Waals surface area contributed by atoms with Crippen molar-refractivity contribution in [1.29, 1.82) is 0 Å². The van der Waals surface area contributed by atoms with Gasteiger partial charge in [-0.25, -0.2) is 0 Å². The molecule has 1 aliphatic carbocycles. The lowest BCUT2D eigenvalue weighted by Gasteiger charge is -2.28. The summed E-state index contributed by atoms with van der Waals surface area (Å²) in [5.41, 5.74) is 5.34. The number of hydrogen-bond donors (Lipinski definition) is 2. The number of amides is 1. The largest absolute Gasteiger partial charge is 0.376 e. The zero-order chi connectivity index (χ0) is 12.5. The summed E-state index contributed by atoms with van der Waals surface area (Å²) in [5, 5.41) is 2.85. The van der Waals surface area contributed by atoms with Crippen LogP contribution in [0.1, 0.15) is 45.4 Å². The number of carbonyl (C=O) groups is 1. The fraction of sp³-hybridized carbons (Fsp3) is 0.923. The molecule has 0 aliphatic heterocycles. The SMILES string of the molecule is CC1CCCCC1OCCNC(=O)CCCN. The van der Waals surface area contributed by atoms with E-state index < -0.39 is 0 Å². The smallest absolute Gasteiger partial charge is 0.220 e. The maximum Gasteiger partial charge on any atom is 0.220 e. The molecule has 4 heteroatoms. The molecule has 0 spiro atoms. The van der Waals surface area contributed by atoms with Crippen molar-refractivity contribution < 1.29 is 9.53 Å². The first-order chi connectivity index (χ1) is 8.24. The lowest BCUT2D eigenvalue weighted by Crippen LogP contribution is -2.31. The molecule has 0 bridgehead atoms. The monoisotopic (exact) mass is 242 g/mol. The molecule has 0 radical (unpaired) electrons. The van der Waals surface area contributed by atoms with Crippen molar-refractivity contribution in [3.05, 3.63) is 0 Å². The summed E-state index contributed by atoms with van der Waals surface area (Å²) >= 11 is 0. The van der Waals surface area contributed by atoms with Crippen LogP contribution in [0.4, 0.5) is 0 Å². The van der Waals surface area contributed by atoms with Crippen molar-refractivity contribution in [2.24, 2.45) is 11.7 Å². The fourth-order valence-electron chi connectivity index (χ4n) is 2.28. The molecule has 1 amide bonds. The molecule has 100 valence electrons. The molecule has 0 aromatic heterocycles. The second kappa shape index (κ2) is 8.48. The molecule has 1 aliphatic rings. The van der Waals surface area contributed by atoms with Crippen LogP contribution in [0.3, 0.4) is 0 Å². The highest BCUT2D eigenvalue weighted by Gasteiger charge is 2.21. The molecule has 0 saturated heterocycles. The maximum atomic E-state index is 11.3. The van der Waals surface area contributed by atoms with Gasteiger partial charge in [-0.3, -0.25) is 4.79 Å². The minimum atomic E-state index is 0.0794. The van der Waals surface area contributed by atoms with Crippen LogP contribution in [0, 0.1) is 5.92 Å². The maximum absolute atomic E-state index is 11.3. The minimum absolute atomic E-state index is 0.0794. The topological polar surface area (TPSA) is 64.3 Å². The van der Waals surface area contributed by atoms with Crippen LogP contribution in [0.15, 0.2) is 0 Å². The standard InChI is InChI=1S/C13H26N2O2/c1-11-5-2-3-6-12(11)17-10-9-15-13(16)7-4-8-14/h11-12H,2-10,14H2,1H3,(H,15,16). The summed E-state index contributed by atoms with van der Waals surface area (Å²) in [6.07, 6.45) is 6.72. The molecular formula is C13H26N2O2. The van der Waals surface area contributed by atoms with Crippen LogP contribution >= 0.6 is 0 Å². The van der Waals surface area contributed by atoms with E-state index in [0.717, 1.165) is 6.42 Å². The van der Waals surface area contributed by atoms with Crippen molar-refractivity contribution in [3.63, 3.8) is 0 Å². The molecule has 1 fully saturated rings. The van der Waals surface area contributed by atoms with Crippen molar-refractivity contribution in [2.45, 2.75) is 51.6 Å². The number of ether oxygens (including phenoxy) is 1. The molecule has 2 unspecified atom stereocenters. The molecule has 0 heterocycles. The zero-order valence-electron chi connectivity index (χ0n) is 10.9. The van der Waals surface area contributed by atoms with E-state index >= 15 is 0 Å². The number of nitrogens with two attached hydrogens (primary N) is 1. The Morgan fingerprint density at radius 2 is 2.18 bits per heavy atom. The van der Waals surface area contributed by atoms with Gasteiger partial charge in [-0.15, -0.1) is 0 Å². The van der Waals surface area contributed by atoms with E-state index in [0.29, 0.717) is 38.1 Å². The van der Waals surface area contributed by atoms with E-state index in [1.165, 1.54) is 25.7 Å². The van der Waals surface area contributed by atoms with Gasteiger partial charge in [0.25, 0.3) is 0 Å². The third-order valence-electron chi connectivity index (χ3n) is 3.40. The second-order valence-electron chi connectivity index (χ2n) is 4.91. The Morgan fingerprint density at radius 1 is 1.41 bits per heavy atom. The molecule has 1 saturated carbocycles. The van der Waals surface area contributed by atoms with Crippen molar-refractivity contribution in [1.82, 2.24) is 5.32 Å². The Bertz CT molecular complexity index is 221. The zero-order valence-corrected chi connectivity index (χ0v) is 10.9. The predicted molar refractivity (Wildman–Crippen MR) is 68.7 cm³/mol. The summed E-state index contributed by atoms with van der Waals surface area (Å²) in [7, 11) is 0. The number of carbonyl (C=O) groups excluding carboxylic acids is 1. The first-order valence-electron chi connectivity index (χ1n) is 6.82. The average molecular weight is 242 g/mol. The summed E-state index contributed by atoms with van der Waals surface area (Å²) in [6, 6.07) is 0. The lowest BCUT2D eigenvalue weighted by molar-refractivity contribution is -0.121. The average Bonchev–Trinajstić information content (AvgIpc) is 2.34. The molecule has 1 rings (SSSR count). The van der Waals surface area contributed by atoms with Crippen molar-refractivity contribution in [2.75, 3.05) is 19.7 Å². The lowest BCUT2D eigenvalue weighted by atomic mass is 9.88. The van der Waals surface area contributed by atoms with Gasteiger partial charge in [-0.2, -0.15) is 0 Å². The predicted octanol–water partition coefficient (Wildman–Crippen LogP) is 1.44. The van der Waals surface area contributed by atoms with E-state index in [1.807, 2.05) is 0 Å². The van der Waals surface area contributed by atoms with Crippen LogP contribution in [-0.2, 0) is 9.53 Å². The van der Waals surface area contributed by atoms with Crippen LogP contribution < -0.4 is 11.1 Å². The van der Waals surface area contributed by atoms with Gasteiger partial charge < -0.3 is 15.8 Å². The van der Waals surface area contributed by atoms with E-state index in [2.05, 4.69) is 12.2 Å². The van der Waals surface area contributed by atoms with Crippen LogP contribution in [0.25, 0.3) is 0 Å². The molecule has 4 nitrogen and oxygen atoms in total. The Balaban J connectivity index is 2.01. The Kier molecular flexibility index (Phi) is 7.21. The van der Waals surface area contributed by atoms with Gasteiger partial charge in [-0.05, 0) is 31.7 Å².